The van der Waals surface area contributed by atoms with Crippen LogP contribution in [0.15, 0.2) is 29.2 Å². The molecule has 0 bridgehead atoms. The molecule has 6 nitrogen and oxygen atoms in total. The molecule has 0 radical (unpaired) electrons. The van der Waals surface area contributed by atoms with Gasteiger partial charge in [-0.05, 0) is 25.0 Å². The zero-order valence-corrected chi connectivity index (χ0v) is 13.1. The topological polar surface area (TPSA) is 89.7 Å². The molecule has 2 rings (SSSR count). The highest BCUT2D eigenvalue weighted by molar-refractivity contribution is 7.89. The molecule has 1 amide bonds. The summed E-state index contributed by atoms with van der Waals surface area (Å²) in [4.78, 5) is 11.0. The van der Waals surface area contributed by atoms with Crippen LogP contribution in [0, 0.1) is 5.82 Å². The van der Waals surface area contributed by atoms with Crippen LogP contribution in [-0.2, 0) is 19.6 Å². The first kappa shape index (κ1) is 16.9. The van der Waals surface area contributed by atoms with Gasteiger partial charge in [0.25, 0.3) is 0 Å². The van der Waals surface area contributed by atoms with Crippen LogP contribution in [0.1, 0.15) is 19.3 Å². The van der Waals surface area contributed by atoms with Crippen molar-refractivity contribution in [3.63, 3.8) is 0 Å². The third-order valence-corrected chi connectivity index (χ3v) is 5.89. The van der Waals surface area contributed by atoms with E-state index in [1.54, 1.807) is 0 Å². The van der Waals surface area contributed by atoms with E-state index >= 15 is 0 Å². The van der Waals surface area contributed by atoms with Crippen molar-refractivity contribution in [2.45, 2.75) is 29.7 Å². The molecule has 22 heavy (non-hydrogen) atoms. The molecule has 0 aromatic heterocycles. The average molecular weight is 330 g/mol. The number of hydrogen-bond donors (Lipinski definition) is 1. The molecule has 1 atom stereocenters. The third kappa shape index (κ3) is 2.99. The zero-order chi connectivity index (χ0) is 16.4. The lowest BCUT2D eigenvalue weighted by Gasteiger charge is -2.36. The number of nitrogens with two attached hydrogens (primary N) is 1. The fourth-order valence-corrected chi connectivity index (χ4v) is 4.92. The molecule has 1 saturated heterocycles. The SMILES string of the molecule is COC[C@]1(CC(N)=O)CCCN1S(=O)(=O)c1ccccc1F. The Morgan fingerprint density at radius 1 is 1.45 bits per heavy atom. The molecule has 1 aliphatic rings. The summed E-state index contributed by atoms with van der Waals surface area (Å²) in [5.74, 6) is -1.44. The van der Waals surface area contributed by atoms with Gasteiger partial charge >= 0.3 is 0 Å². The van der Waals surface area contributed by atoms with Gasteiger partial charge in [0.2, 0.25) is 15.9 Å². The summed E-state index contributed by atoms with van der Waals surface area (Å²) in [5, 5.41) is 0. The second kappa shape index (κ2) is 6.31. The maximum absolute atomic E-state index is 13.9. The smallest absolute Gasteiger partial charge is 0.246 e. The van der Waals surface area contributed by atoms with E-state index in [2.05, 4.69) is 0 Å². The van der Waals surface area contributed by atoms with Crippen LogP contribution < -0.4 is 5.73 Å². The van der Waals surface area contributed by atoms with Crippen molar-refractivity contribution in [3.05, 3.63) is 30.1 Å². The zero-order valence-electron chi connectivity index (χ0n) is 12.3. The van der Waals surface area contributed by atoms with Gasteiger partial charge in [-0.25, -0.2) is 12.8 Å². The lowest BCUT2D eigenvalue weighted by Crippen LogP contribution is -2.52. The van der Waals surface area contributed by atoms with Crippen LogP contribution in [0.3, 0.4) is 0 Å². The molecule has 0 aliphatic carbocycles. The number of ether oxygens (including phenoxy) is 1. The molecule has 8 heteroatoms. The van der Waals surface area contributed by atoms with Crippen molar-refractivity contribution in [2.24, 2.45) is 5.73 Å². The Labute approximate surface area is 129 Å². The highest BCUT2D eigenvalue weighted by Gasteiger charge is 2.49. The number of nitrogens with zero attached hydrogens (tertiary/aromatic N) is 1. The van der Waals surface area contributed by atoms with Gasteiger partial charge in [-0.2, -0.15) is 4.31 Å². The van der Waals surface area contributed by atoms with Crippen molar-refractivity contribution in [1.29, 1.82) is 0 Å². The van der Waals surface area contributed by atoms with Crippen molar-refractivity contribution in [3.8, 4) is 0 Å². The number of amides is 1. The standard InChI is InChI=1S/C14H19FN2O4S/c1-21-10-14(9-13(16)18)7-4-8-17(14)22(19,20)12-6-3-2-5-11(12)15/h2-3,5-6H,4,7-10H2,1H3,(H2,16,18)/t14-/m1/s1. The number of benzene rings is 1. The lowest BCUT2D eigenvalue weighted by molar-refractivity contribution is -0.120. The molecule has 1 aromatic rings. The molecule has 1 fully saturated rings. The Morgan fingerprint density at radius 2 is 2.14 bits per heavy atom. The van der Waals surface area contributed by atoms with Crippen LogP contribution in [-0.4, -0.2) is 44.4 Å². The van der Waals surface area contributed by atoms with Crippen molar-refractivity contribution in [2.75, 3.05) is 20.3 Å². The summed E-state index contributed by atoms with van der Waals surface area (Å²) in [6.45, 7) is 0.233. The fourth-order valence-electron chi connectivity index (χ4n) is 3.03. The molecule has 1 aliphatic heterocycles. The monoisotopic (exact) mass is 330 g/mol. The van der Waals surface area contributed by atoms with Crippen LogP contribution in [0.25, 0.3) is 0 Å². The van der Waals surface area contributed by atoms with Crippen molar-refractivity contribution in [1.82, 2.24) is 4.31 Å². The van der Waals surface area contributed by atoms with Gasteiger partial charge in [-0.15, -0.1) is 0 Å². The number of carbonyl (C=O) groups is 1. The summed E-state index contributed by atoms with van der Waals surface area (Å²) in [7, 11) is -2.65. The van der Waals surface area contributed by atoms with Gasteiger partial charge in [0.05, 0.1) is 12.1 Å². The van der Waals surface area contributed by atoms with Crippen LogP contribution in [0.5, 0.6) is 0 Å². The molecule has 0 unspecified atom stereocenters. The minimum absolute atomic E-state index is 0.0314. The minimum atomic E-state index is -4.07. The summed E-state index contributed by atoms with van der Waals surface area (Å²) in [5.41, 5.74) is 4.22. The van der Waals surface area contributed by atoms with E-state index < -0.39 is 32.2 Å². The van der Waals surface area contributed by atoms with Gasteiger partial charge in [0.1, 0.15) is 10.7 Å². The highest BCUT2D eigenvalue weighted by Crippen LogP contribution is 2.37. The first-order valence-electron chi connectivity index (χ1n) is 6.88. The van der Waals surface area contributed by atoms with Crippen LogP contribution in [0.2, 0.25) is 0 Å². The lowest BCUT2D eigenvalue weighted by atomic mass is 9.94. The number of carbonyl (C=O) groups excluding carboxylic acids is 1. The number of halogens is 1. The fraction of sp³-hybridized carbons (Fsp3) is 0.500. The van der Waals surface area contributed by atoms with Gasteiger partial charge in [0.15, 0.2) is 0 Å². The van der Waals surface area contributed by atoms with Crippen LogP contribution >= 0.6 is 0 Å². The van der Waals surface area contributed by atoms with E-state index in [1.165, 1.54) is 25.3 Å². The van der Waals surface area contributed by atoms with Crippen molar-refractivity contribution < 1.29 is 22.3 Å². The number of rotatable bonds is 6. The second-order valence-electron chi connectivity index (χ2n) is 5.41. The molecular weight excluding hydrogens is 311 g/mol. The van der Waals surface area contributed by atoms with Crippen LogP contribution in [0.4, 0.5) is 4.39 Å². The number of primary amides is 1. The van der Waals surface area contributed by atoms with E-state index in [0.29, 0.717) is 12.8 Å². The van der Waals surface area contributed by atoms with Crippen molar-refractivity contribution >= 4 is 15.9 Å². The Morgan fingerprint density at radius 3 is 2.73 bits per heavy atom. The summed E-state index contributed by atoms with van der Waals surface area (Å²) in [6.07, 6.45) is 0.844. The summed E-state index contributed by atoms with van der Waals surface area (Å²) >= 11 is 0. The Kier molecular flexibility index (Phi) is 4.84. The molecule has 1 aromatic carbocycles. The highest BCUT2D eigenvalue weighted by atomic mass is 32.2. The predicted molar refractivity (Wildman–Crippen MR) is 77.9 cm³/mol. The summed E-state index contributed by atoms with van der Waals surface area (Å²) < 4.78 is 45.8. The van der Waals surface area contributed by atoms with Gasteiger partial charge < -0.3 is 10.5 Å². The van der Waals surface area contributed by atoms with E-state index in [1.807, 2.05) is 0 Å². The van der Waals surface area contributed by atoms with Gasteiger partial charge in [-0.1, -0.05) is 12.1 Å². The van der Waals surface area contributed by atoms with Gasteiger partial charge in [-0.3, -0.25) is 4.79 Å². The average Bonchev–Trinajstić information content (AvgIpc) is 2.82. The normalized spacial score (nSPS) is 22.8. The van der Waals surface area contributed by atoms with Gasteiger partial charge in [0, 0.05) is 20.1 Å². The Balaban J connectivity index is 2.48. The number of hydrogen-bond acceptors (Lipinski definition) is 4. The Bertz CT molecular complexity index is 665. The van der Waals surface area contributed by atoms with E-state index in [9.17, 15) is 17.6 Å². The quantitative estimate of drug-likeness (QED) is 0.838. The maximum atomic E-state index is 13.9. The molecule has 2 N–H and O–H groups in total. The maximum Gasteiger partial charge on any atom is 0.246 e. The predicted octanol–water partition coefficient (Wildman–Crippen LogP) is 0.871. The largest absolute Gasteiger partial charge is 0.383 e. The Hall–Kier alpha value is -1.51. The molecular formula is C14H19FN2O4S. The van der Waals surface area contributed by atoms with E-state index in [-0.39, 0.29) is 19.6 Å². The first-order chi connectivity index (χ1) is 10.3. The number of sulfonamides is 1. The molecule has 122 valence electrons. The summed E-state index contributed by atoms with van der Waals surface area (Å²) in [6, 6.07) is 5.18. The first-order valence-corrected chi connectivity index (χ1v) is 8.32. The molecule has 0 spiro atoms. The number of methoxy groups -OCH3 is 1. The van der Waals surface area contributed by atoms with E-state index in [0.717, 1.165) is 10.4 Å². The minimum Gasteiger partial charge on any atom is -0.383 e. The third-order valence-electron chi connectivity index (χ3n) is 3.85. The van der Waals surface area contributed by atoms with E-state index in [4.69, 9.17) is 10.5 Å². The molecule has 0 saturated carbocycles. The molecule has 1 heterocycles. The second-order valence-corrected chi connectivity index (χ2v) is 7.24.